The third-order valence-electron chi connectivity index (χ3n) is 4.04. The van der Waals surface area contributed by atoms with E-state index in [9.17, 15) is 0 Å². The molecule has 0 radical (unpaired) electrons. The van der Waals surface area contributed by atoms with Crippen LogP contribution in [0, 0.1) is 6.92 Å². The zero-order valence-corrected chi connectivity index (χ0v) is 11.5. The summed E-state index contributed by atoms with van der Waals surface area (Å²) in [6.45, 7) is 2.94. The Kier molecular flexibility index (Phi) is 3.34. The van der Waals surface area contributed by atoms with Crippen molar-refractivity contribution in [1.29, 1.82) is 0 Å². The normalized spacial score (nSPS) is 22.2. The molecule has 1 heterocycles. The standard InChI is InChI=1S/C15H20N4/c1-11-3-5-12(6-4-11)13-7-14(8-13)16-9-15-18-17-10-19(15)2/h3-6,10,13-14,16H,7-9H2,1-2H3. The van der Waals surface area contributed by atoms with Gasteiger partial charge in [-0.2, -0.15) is 0 Å². The zero-order chi connectivity index (χ0) is 13.2. The summed E-state index contributed by atoms with van der Waals surface area (Å²) in [7, 11) is 1.98. The maximum atomic E-state index is 4.08. The van der Waals surface area contributed by atoms with Crippen molar-refractivity contribution in [2.24, 2.45) is 7.05 Å². The first-order valence-electron chi connectivity index (χ1n) is 6.85. The highest BCUT2D eigenvalue weighted by molar-refractivity contribution is 5.26. The summed E-state index contributed by atoms with van der Waals surface area (Å²) in [6, 6.07) is 9.55. The zero-order valence-electron chi connectivity index (χ0n) is 11.5. The van der Waals surface area contributed by atoms with Gasteiger partial charge in [0.05, 0.1) is 6.54 Å². The Morgan fingerprint density at radius 3 is 2.63 bits per heavy atom. The molecule has 0 aliphatic heterocycles. The second-order valence-corrected chi connectivity index (χ2v) is 5.51. The van der Waals surface area contributed by atoms with Crippen LogP contribution in [0.3, 0.4) is 0 Å². The average Bonchev–Trinajstić information content (AvgIpc) is 2.75. The van der Waals surface area contributed by atoms with Crippen LogP contribution in [0.25, 0.3) is 0 Å². The van der Waals surface area contributed by atoms with Crippen molar-refractivity contribution >= 4 is 0 Å². The molecule has 1 aromatic heterocycles. The SMILES string of the molecule is Cc1ccc(C2CC(NCc3nncn3C)C2)cc1. The molecule has 3 rings (SSSR count). The smallest absolute Gasteiger partial charge is 0.146 e. The highest BCUT2D eigenvalue weighted by atomic mass is 15.3. The predicted octanol–water partition coefficient (Wildman–Crippen LogP) is 2.16. The van der Waals surface area contributed by atoms with Crippen LogP contribution in [0.15, 0.2) is 30.6 Å². The quantitative estimate of drug-likeness (QED) is 0.911. The first kappa shape index (κ1) is 12.4. The lowest BCUT2D eigenvalue weighted by Crippen LogP contribution is -2.40. The topological polar surface area (TPSA) is 42.7 Å². The van der Waals surface area contributed by atoms with E-state index in [1.165, 1.54) is 24.0 Å². The maximum absolute atomic E-state index is 4.08. The van der Waals surface area contributed by atoms with E-state index < -0.39 is 0 Å². The molecule has 0 saturated heterocycles. The number of nitrogens with zero attached hydrogens (tertiary/aromatic N) is 3. The Balaban J connectivity index is 1.48. The van der Waals surface area contributed by atoms with Crippen molar-refractivity contribution in [3.8, 4) is 0 Å². The number of aromatic nitrogens is 3. The van der Waals surface area contributed by atoms with Crippen molar-refractivity contribution in [2.45, 2.75) is 38.3 Å². The summed E-state index contributed by atoms with van der Waals surface area (Å²) >= 11 is 0. The molecular weight excluding hydrogens is 236 g/mol. The van der Waals surface area contributed by atoms with E-state index in [1.807, 2.05) is 11.6 Å². The molecule has 0 spiro atoms. The van der Waals surface area contributed by atoms with Crippen LogP contribution >= 0.6 is 0 Å². The van der Waals surface area contributed by atoms with Gasteiger partial charge in [0.25, 0.3) is 0 Å². The first-order chi connectivity index (χ1) is 9.22. The van der Waals surface area contributed by atoms with Gasteiger partial charge < -0.3 is 9.88 Å². The Hall–Kier alpha value is -1.68. The fraction of sp³-hybridized carbons (Fsp3) is 0.467. The number of hydrogen-bond acceptors (Lipinski definition) is 3. The van der Waals surface area contributed by atoms with E-state index in [-0.39, 0.29) is 0 Å². The fourth-order valence-electron chi connectivity index (χ4n) is 2.60. The third kappa shape index (κ3) is 2.68. The molecule has 2 aromatic rings. The average molecular weight is 256 g/mol. The van der Waals surface area contributed by atoms with Crippen molar-refractivity contribution in [3.05, 3.63) is 47.5 Å². The largest absolute Gasteiger partial charge is 0.320 e. The van der Waals surface area contributed by atoms with Crippen LogP contribution in [0.4, 0.5) is 0 Å². The van der Waals surface area contributed by atoms with Crippen molar-refractivity contribution in [2.75, 3.05) is 0 Å². The fourth-order valence-corrected chi connectivity index (χ4v) is 2.60. The molecule has 1 N–H and O–H groups in total. The van der Waals surface area contributed by atoms with Gasteiger partial charge in [0.15, 0.2) is 0 Å². The van der Waals surface area contributed by atoms with Gasteiger partial charge in [-0.3, -0.25) is 0 Å². The number of hydrogen-bond donors (Lipinski definition) is 1. The molecule has 0 atom stereocenters. The van der Waals surface area contributed by atoms with Gasteiger partial charge in [0.2, 0.25) is 0 Å². The maximum Gasteiger partial charge on any atom is 0.146 e. The van der Waals surface area contributed by atoms with Gasteiger partial charge in [-0.05, 0) is 31.2 Å². The summed E-state index contributed by atoms with van der Waals surface area (Å²) in [6.07, 6.45) is 4.19. The molecule has 19 heavy (non-hydrogen) atoms. The third-order valence-corrected chi connectivity index (χ3v) is 4.04. The molecule has 0 bridgehead atoms. The lowest BCUT2D eigenvalue weighted by molar-refractivity contribution is 0.286. The molecular formula is C15H20N4. The van der Waals surface area contributed by atoms with Gasteiger partial charge in [-0.1, -0.05) is 29.8 Å². The molecule has 4 nitrogen and oxygen atoms in total. The summed E-state index contributed by atoms with van der Waals surface area (Å²) in [4.78, 5) is 0. The number of benzene rings is 1. The summed E-state index contributed by atoms with van der Waals surface area (Å²) in [5, 5.41) is 11.5. The van der Waals surface area contributed by atoms with E-state index in [0.717, 1.165) is 18.3 Å². The second-order valence-electron chi connectivity index (χ2n) is 5.51. The van der Waals surface area contributed by atoms with E-state index >= 15 is 0 Å². The molecule has 1 aliphatic carbocycles. The number of rotatable bonds is 4. The van der Waals surface area contributed by atoms with Gasteiger partial charge in [-0.15, -0.1) is 10.2 Å². The van der Waals surface area contributed by atoms with Crippen LogP contribution in [-0.4, -0.2) is 20.8 Å². The number of aryl methyl sites for hydroxylation is 2. The first-order valence-corrected chi connectivity index (χ1v) is 6.85. The van der Waals surface area contributed by atoms with Crippen LogP contribution in [0.2, 0.25) is 0 Å². The monoisotopic (exact) mass is 256 g/mol. The Bertz CT molecular complexity index is 538. The lowest BCUT2D eigenvalue weighted by atomic mass is 9.76. The highest BCUT2D eigenvalue weighted by Crippen LogP contribution is 2.36. The Labute approximate surface area is 113 Å². The molecule has 1 fully saturated rings. The minimum absolute atomic E-state index is 0.614. The number of nitrogens with one attached hydrogen (secondary N) is 1. The van der Waals surface area contributed by atoms with Crippen LogP contribution in [0.1, 0.15) is 35.7 Å². The Morgan fingerprint density at radius 2 is 2.00 bits per heavy atom. The predicted molar refractivity (Wildman–Crippen MR) is 74.8 cm³/mol. The summed E-state index contributed by atoms with van der Waals surface area (Å²) in [5.41, 5.74) is 2.81. The molecule has 0 unspecified atom stereocenters. The van der Waals surface area contributed by atoms with Crippen LogP contribution < -0.4 is 5.32 Å². The van der Waals surface area contributed by atoms with Crippen LogP contribution in [0.5, 0.6) is 0 Å². The molecule has 1 aromatic carbocycles. The molecule has 1 aliphatic rings. The van der Waals surface area contributed by atoms with Gasteiger partial charge in [-0.25, -0.2) is 0 Å². The van der Waals surface area contributed by atoms with Crippen LogP contribution in [-0.2, 0) is 13.6 Å². The van der Waals surface area contributed by atoms with E-state index in [2.05, 4.69) is 46.7 Å². The lowest BCUT2D eigenvalue weighted by Gasteiger charge is -2.36. The Morgan fingerprint density at radius 1 is 1.26 bits per heavy atom. The second kappa shape index (κ2) is 5.13. The molecule has 4 heteroatoms. The summed E-state index contributed by atoms with van der Waals surface area (Å²) in [5.74, 6) is 1.72. The van der Waals surface area contributed by atoms with Crippen molar-refractivity contribution in [1.82, 2.24) is 20.1 Å². The van der Waals surface area contributed by atoms with E-state index in [4.69, 9.17) is 0 Å². The summed E-state index contributed by atoms with van der Waals surface area (Å²) < 4.78 is 1.96. The van der Waals surface area contributed by atoms with Gasteiger partial charge in [0, 0.05) is 13.1 Å². The highest BCUT2D eigenvalue weighted by Gasteiger charge is 2.29. The van der Waals surface area contributed by atoms with Gasteiger partial charge in [0.1, 0.15) is 12.2 Å². The minimum Gasteiger partial charge on any atom is -0.320 e. The van der Waals surface area contributed by atoms with Gasteiger partial charge >= 0.3 is 0 Å². The van der Waals surface area contributed by atoms with Crippen molar-refractivity contribution < 1.29 is 0 Å². The molecule has 0 amide bonds. The van der Waals surface area contributed by atoms with Crippen molar-refractivity contribution in [3.63, 3.8) is 0 Å². The minimum atomic E-state index is 0.614. The molecule has 100 valence electrons. The van der Waals surface area contributed by atoms with E-state index in [0.29, 0.717) is 6.04 Å². The molecule has 1 saturated carbocycles. The van der Waals surface area contributed by atoms with E-state index in [1.54, 1.807) is 6.33 Å².